The third kappa shape index (κ3) is 2.76. The summed E-state index contributed by atoms with van der Waals surface area (Å²) in [5.41, 5.74) is 6.17. The summed E-state index contributed by atoms with van der Waals surface area (Å²) in [6.07, 6.45) is 0.732. The highest BCUT2D eigenvalue weighted by Crippen LogP contribution is 2.25. The van der Waals surface area contributed by atoms with Crippen LogP contribution in [-0.2, 0) is 6.42 Å². The second kappa shape index (κ2) is 4.89. The predicted molar refractivity (Wildman–Crippen MR) is 62.0 cm³/mol. The van der Waals surface area contributed by atoms with Crippen LogP contribution in [0.5, 0.6) is 5.75 Å². The summed E-state index contributed by atoms with van der Waals surface area (Å²) >= 11 is 0. The molecule has 1 heterocycles. The molecule has 0 spiro atoms. The van der Waals surface area contributed by atoms with E-state index < -0.39 is 24.9 Å². The Balaban J connectivity index is 2.01. The molecule has 3 N–H and O–H groups in total. The van der Waals surface area contributed by atoms with Crippen LogP contribution in [0.15, 0.2) is 18.2 Å². The van der Waals surface area contributed by atoms with Gasteiger partial charge in [0.05, 0.1) is 19.7 Å². The molecule has 0 saturated carbocycles. The maximum atomic E-state index is 12.9. The number of nitrogens with two attached hydrogens (primary N) is 1. The lowest BCUT2D eigenvalue weighted by Gasteiger charge is -2.14. The summed E-state index contributed by atoms with van der Waals surface area (Å²) in [5.74, 6) is -2.85. The first-order valence-electron chi connectivity index (χ1n) is 5.64. The van der Waals surface area contributed by atoms with Crippen LogP contribution >= 0.6 is 0 Å². The first-order chi connectivity index (χ1) is 8.52. The Labute approximate surface area is 103 Å². The zero-order valence-electron chi connectivity index (χ0n) is 9.71. The maximum Gasteiger partial charge on any atom is 0.277 e. The molecule has 0 aliphatic carbocycles. The van der Waals surface area contributed by atoms with Crippen molar-refractivity contribution >= 4 is 5.91 Å². The molecule has 1 aromatic rings. The molecule has 0 atom stereocenters. The fourth-order valence-electron chi connectivity index (χ4n) is 1.71. The highest BCUT2D eigenvalue weighted by Gasteiger charge is 2.27. The standard InChI is InChI=1S/C12H14F2N2O2/c13-12(14,6-15)7-16-11(17)9-1-2-10-8(5-9)3-4-18-10/h1-2,5H,3-4,6-7,15H2,(H,16,17). The molecule has 0 fully saturated rings. The van der Waals surface area contributed by atoms with Crippen LogP contribution in [0, 0.1) is 0 Å². The number of ether oxygens (including phenoxy) is 1. The van der Waals surface area contributed by atoms with Gasteiger partial charge in [-0.05, 0) is 23.8 Å². The Morgan fingerprint density at radius 3 is 3.00 bits per heavy atom. The van der Waals surface area contributed by atoms with Crippen molar-refractivity contribution in [1.29, 1.82) is 0 Å². The molecule has 18 heavy (non-hydrogen) atoms. The lowest BCUT2D eigenvalue weighted by molar-refractivity contribution is 0.0118. The number of halogens is 2. The number of nitrogens with one attached hydrogen (secondary N) is 1. The van der Waals surface area contributed by atoms with E-state index in [9.17, 15) is 13.6 Å². The second-order valence-corrected chi connectivity index (χ2v) is 4.16. The largest absolute Gasteiger partial charge is 0.493 e. The lowest BCUT2D eigenvalue weighted by Crippen LogP contribution is -2.41. The van der Waals surface area contributed by atoms with Crippen LogP contribution in [0.4, 0.5) is 8.78 Å². The van der Waals surface area contributed by atoms with E-state index in [1.807, 2.05) is 0 Å². The Morgan fingerprint density at radius 1 is 1.50 bits per heavy atom. The van der Waals surface area contributed by atoms with Gasteiger partial charge in [-0.25, -0.2) is 8.78 Å². The minimum Gasteiger partial charge on any atom is -0.493 e. The van der Waals surface area contributed by atoms with E-state index in [2.05, 4.69) is 5.32 Å². The summed E-state index contributed by atoms with van der Waals surface area (Å²) in [4.78, 5) is 11.7. The molecular weight excluding hydrogens is 242 g/mol. The highest BCUT2D eigenvalue weighted by atomic mass is 19.3. The van der Waals surface area contributed by atoms with Gasteiger partial charge in [-0.15, -0.1) is 0 Å². The molecule has 1 amide bonds. The minimum absolute atomic E-state index is 0.354. The van der Waals surface area contributed by atoms with Crippen LogP contribution < -0.4 is 15.8 Å². The van der Waals surface area contributed by atoms with Gasteiger partial charge < -0.3 is 15.8 Å². The molecule has 1 aromatic carbocycles. The number of rotatable bonds is 4. The number of fused-ring (bicyclic) bond motifs is 1. The van der Waals surface area contributed by atoms with Gasteiger partial charge in [0.1, 0.15) is 5.75 Å². The molecule has 1 aliphatic rings. The van der Waals surface area contributed by atoms with Crippen molar-refractivity contribution in [2.75, 3.05) is 19.7 Å². The molecule has 0 saturated heterocycles. The van der Waals surface area contributed by atoms with E-state index in [4.69, 9.17) is 10.5 Å². The first-order valence-corrected chi connectivity index (χ1v) is 5.64. The predicted octanol–water partition coefficient (Wildman–Crippen LogP) is 0.945. The number of amides is 1. The molecule has 4 nitrogen and oxygen atoms in total. The van der Waals surface area contributed by atoms with Crippen molar-refractivity contribution in [2.24, 2.45) is 5.73 Å². The number of alkyl halides is 2. The summed E-state index contributed by atoms with van der Waals surface area (Å²) in [6, 6.07) is 4.90. The third-order valence-electron chi connectivity index (χ3n) is 2.76. The first kappa shape index (κ1) is 12.8. The fourth-order valence-corrected chi connectivity index (χ4v) is 1.71. The molecule has 0 unspecified atom stereocenters. The summed E-state index contributed by atoms with van der Waals surface area (Å²) in [7, 11) is 0. The zero-order chi connectivity index (χ0) is 13.2. The van der Waals surface area contributed by atoms with Crippen LogP contribution in [-0.4, -0.2) is 31.5 Å². The Hall–Kier alpha value is -1.69. The molecule has 0 aromatic heterocycles. The van der Waals surface area contributed by atoms with Gasteiger partial charge in [-0.2, -0.15) is 0 Å². The summed E-state index contributed by atoms with van der Waals surface area (Å²) in [6.45, 7) is -0.952. The van der Waals surface area contributed by atoms with E-state index in [0.717, 1.165) is 17.7 Å². The van der Waals surface area contributed by atoms with E-state index >= 15 is 0 Å². The molecule has 0 radical (unpaired) electrons. The summed E-state index contributed by atoms with van der Waals surface area (Å²) < 4.78 is 31.1. The normalized spacial score (nSPS) is 13.9. The molecule has 6 heteroatoms. The molecule has 0 bridgehead atoms. The minimum atomic E-state index is -3.07. The van der Waals surface area contributed by atoms with Gasteiger partial charge in [-0.1, -0.05) is 0 Å². The van der Waals surface area contributed by atoms with E-state index in [1.165, 1.54) is 0 Å². The Morgan fingerprint density at radius 2 is 2.28 bits per heavy atom. The Kier molecular flexibility index (Phi) is 3.47. The average molecular weight is 256 g/mol. The van der Waals surface area contributed by atoms with Gasteiger partial charge in [0.15, 0.2) is 0 Å². The number of carbonyl (C=O) groups excluding carboxylic acids is 1. The van der Waals surface area contributed by atoms with Crippen molar-refractivity contribution in [1.82, 2.24) is 5.32 Å². The van der Waals surface area contributed by atoms with Gasteiger partial charge in [0, 0.05) is 12.0 Å². The second-order valence-electron chi connectivity index (χ2n) is 4.16. The van der Waals surface area contributed by atoms with Crippen molar-refractivity contribution < 1.29 is 18.3 Å². The van der Waals surface area contributed by atoms with E-state index in [-0.39, 0.29) is 0 Å². The van der Waals surface area contributed by atoms with Crippen molar-refractivity contribution in [3.05, 3.63) is 29.3 Å². The number of carbonyl (C=O) groups is 1. The van der Waals surface area contributed by atoms with Crippen molar-refractivity contribution in [2.45, 2.75) is 12.3 Å². The van der Waals surface area contributed by atoms with E-state index in [1.54, 1.807) is 18.2 Å². The molecule has 98 valence electrons. The topological polar surface area (TPSA) is 64.3 Å². The van der Waals surface area contributed by atoms with Gasteiger partial charge in [0.25, 0.3) is 11.8 Å². The third-order valence-corrected chi connectivity index (χ3v) is 2.76. The quantitative estimate of drug-likeness (QED) is 0.842. The van der Waals surface area contributed by atoms with Crippen LogP contribution in [0.3, 0.4) is 0 Å². The van der Waals surface area contributed by atoms with Crippen LogP contribution in [0.2, 0.25) is 0 Å². The van der Waals surface area contributed by atoms with Crippen LogP contribution in [0.25, 0.3) is 0 Å². The maximum absolute atomic E-state index is 12.9. The van der Waals surface area contributed by atoms with Crippen molar-refractivity contribution in [3.8, 4) is 5.75 Å². The molecule has 1 aliphatic heterocycles. The van der Waals surface area contributed by atoms with Crippen molar-refractivity contribution in [3.63, 3.8) is 0 Å². The summed E-state index contributed by atoms with van der Waals surface area (Å²) in [5, 5.41) is 2.17. The van der Waals surface area contributed by atoms with Crippen LogP contribution in [0.1, 0.15) is 15.9 Å². The number of benzene rings is 1. The fraction of sp³-hybridized carbons (Fsp3) is 0.417. The number of hydrogen-bond acceptors (Lipinski definition) is 3. The van der Waals surface area contributed by atoms with Gasteiger partial charge in [-0.3, -0.25) is 4.79 Å². The number of hydrogen-bond donors (Lipinski definition) is 2. The highest BCUT2D eigenvalue weighted by molar-refractivity contribution is 5.94. The average Bonchev–Trinajstić information content (AvgIpc) is 2.83. The Bertz CT molecular complexity index is 463. The SMILES string of the molecule is NCC(F)(F)CNC(=O)c1ccc2c(c1)CCO2. The van der Waals surface area contributed by atoms with Gasteiger partial charge >= 0.3 is 0 Å². The lowest BCUT2D eigenvalue weighted by atomic mass is 10.1. The smallest absolute Gasteiger partial charge is 0.277 e. The van der Waals surface area contributed by atoms with E-state index in [0.29, 0.717) is 12.2 Å². The molecular formula is C12H14F2N2O2. The monoisotopic (exact) mass is 256 g/mol. The molecule has 2 rings (SSSR count). The van der Waals surface area contributed by atoms with Gasteiger partial charge in [0.2, 0.25) is 0 Å². The zero-order valence-corrected chi connectivity index (χ0v) is 9.71.